The first-order valence-corrected chi connectivity index (χ1v) is 12.2. The Labute approximate surface area is 198 Å². The Bertz CT molecular complexity index is 1110. The maximum atomic E-state index is 13.0. The number of hydrazine groups is 1. The van der Waals surface area contributed by atoms with Gasteiger partial charge in [-0.25, -0.2) is 5.01 Å². The molecule has 3 unspecified atom stereocenters. The number of amides is 3. The molecule has 0 radical (unpaired) electrons. The minimum absolute atomic E-state index is 0.147. The lowest BCUT2D eigenvalue weighted by molar-refractivity contribution is -0.139. The molecule has 3 atom stereocenters. The summed E-state index contributed by atoms with van der Waals surface area (Å²) < 4.78 is 0. The van der Waals surface area contributed by atoms with Crippen molar-refractivity contribution >= 4 is 40.9 Å². The lowest BCUT2D eigenvalue weighted by atomic mass is 9.80. The minimum atomic E-state index is -0.365. The second-order valence-corrected chi connectivity index (χ2v) is 10.1. The van der Waals surface area contributed by atoms with Crippen LogP contribution in [0.25, 0.3) is 0 Å². The molecule has 1 aliphatic carbocycles. The van der Waals surface area contributed by atoms with Crippen LogP contribution in [0, 0.1) is 18.8 Å². The van der Waals surface area contributed by atoms with Crippen LogP contribution in [0.2, 0.25) is 0 Å². The van der Waals surface area contributed by atoms with Gasteiger partial charge in [0.15, 0.2) is 0 Å². The standard InChI is InChI=1S/C26H29N3O3S/c1-4-17(3)33-20-12-13-23(16(2)14-20)27-24(30)18-8-7-9-19(15-18)29-26(32)22-11-6-5-10-21(22)25(31)28-29/h5-9,12-15,17,21-22H,4,10-11H2,1-3H3,(H,27,30)(H,28,31). The van der Waals surface area contributed by atoms with E-state index < -0.39 is 0 Å². The van der Waals surface area contributed by atoms with Crippen LogP contribution >= 0.6 is 11.8 Å². The number of anilines is 2. The van der Waals surface area contributed by atoms with E-state index in [-0.39, 0.29) is 29.6 Å². The molecular formula is C26H29N3O3S. The number of thioether (sulfide) groups is 1. The third-order valence-electron chi connectivity index (χ3n) is 6.25. The van der Waals surface area contributed by atoms with Gasteiger partial charge in [-0.2, -0.15) is 0 Å². The summed E-state index contributed by atoms with van der Waals surface area (Å²) in [5.41, 5.74) is 5.34. The molecule has 2 aliphatic rings. The zero-order valence-corrected chi connectivity index (χ0v) is 19.9. The number of allylic oxidation sites excluding steroid dienone is 2. The fourth-order valence-corrected chi connectivity index (χ4v) is 5.15. The summed E-state index contributed by atoms with van der Waals surface area (Å²) in [5.74, 6) is -1.27. The van der Waals surface area contributed by atoms with Crippen molar-refractivity contribution in [3.05, 3.63) is 65.7 Å². The highest BCUT2D eigenvalue weighted by Gasteiger charge is 2.42. The van der Waals surface area contributed by atoms with Gasteiger partial charge in [0.05, 0.1) is 17.5 Å². The normalized spacial score (nSPS) is 20.8. The number of rotatable bonds is 6. The third kappa shape index (κ3) is 4.98. The van der Waals surface area contributed by atoms with Crippen LogP contribution in [-0.2, 0) is 9.59 Å². The summed E-state index contributed by atoms with van der Waals surface area (Å²) in [5, 5.41) is 4.78. The number of nitrogens with zero attached hydrogens (tertiary/aromatic N) is 1. The van der Waals surface area contributed by atoms with Gasteiger partial charge in [-0.05, 0) is 68.1 Å². The highest BCUT2D eigenvalue weighted by Crippen LogP contribution is 2.33. The maximum absolute atomic E-state index is 13.0. The molecule has 2 aromatic carbocycles. The average Bonchev–Trinajstić information content (AvgIpc) is 2.83. The van der Waals surface area contributed by atoms with Gasteiger partial charge in [0.25, 0.3) is 5.91 Å². The Morgan fingerprint density at radius 3 is 2.64 bits per heavy atom. The van der Waals surface area contributed by atoms with Gasteiger partial charge in [0, 0.05) is 21.4 Å². The van der Waals surface area contributed by atoms with E-state index in [1.54, 1.807) is 24.3 Å². The van der Waals surface area contributed by atoms with Crippen molar-refractivity contribution in [2.75, 3.05) is 10.3 Å². The average molecular weight is 464 g/mol. The van der Waals surface area contributed by atoms with Crippen LogP contribution < -0.4 is 15.8 Å². The van der Waals surface area contributed by atoms with Crippen LogP contribution in [0.4, 0.5) is 11.4 Å². The monoisotopic (exact) mass is 463 g/mol. The number of benzene rings is 2. The molecule has 2 N–H and O–H groups in total. The van der Waals surface area contributed by atoms with Crippen LogP contribution in [-0.4, -0.2) is 23.0 Å². The largest absolute Gasteiger partial charge is 0.322 e. The molecule has 2 aromatic rings. The van der Waals surface area contributed by atoms with Crippen molar-refractivity contribution in [3.63, 3.8) is 0 Å². The Morgan fingerprint density at radius 1 is 1.15 bits per heavy atom. The summed E-state index contributed by atoms with van der Waals surface area (Å²) in [6.07, 6.45) is 6.13. The lowest BCUT2D eigenvalue weighted by Gasteiger charge is -2.38. The summed E-state index contributed by atoms with van der Waals surface area (Å²) in [7, 11) is 0. The molecule has 1 heterocycles. The van der Waals surface area contributed by atoms with E-state index >= 15 is 0 Å². The highest BCUT2D eigenvalue weighted by molar-refractivity contribution is 7.99. The van der Waals surface area contributed by atoms with Gasteiger partial charge in [-0.3, -0.25) is 19.8 Å². The van der Waals surface area contributed by atoms with E-state index in [0.29, 0.717) is 29.3 Å². The maximum Gasteiger partial charge on any atom is 0.255 e. The molecule has 0 saturated carbocycles. The van der Waals surface area contributed by atoms with E-state index in [0.717, 1.165) is 17.7 Å². The van der Waals surface area contributed by atoms with Gasteiger partial charge < -0.3 is 5.32 Å². The first-order valence-electron chi connectivity index (χ1n) is 11.4. The van der Waals surface area contributed by atoms with E-state index in [1.165, 1.54) is 9.90 Å². The van der Waals surface area contributed by atoms with Crippen molar-refractivity contribution in [3.8, 4) is 0 Å². The fraction of sp³-hybridized carbons (Fsp3) is 0.346. The molecule has 7 heteroatoms. The predicted molar refractivity (Wildman–Crippen MR) is 132 cm³/mol. The van der Waals surface area contributed by atoms with Gasteiger partial charge >= 0.3 is 0 Å². The molecule has 3 amide bonds. The number of carbonyl (C=O) groups is 3. The predicted octanol–water partition coefficient (Wildman–Crippen LogP) is 5.10. The van der Waals surface area contributed by atoms with Crippen LogP contribution in [0.1, 0.15) is 49.0 Å². The molecule has 33 heavy (non-hydrogen) atoms. The smallest absolute Gasteiger partial charge is 0.255 e. The number of carbonyl (C=O) groups excluding carboxylic acids is 3. The molecule has 6 nitrogen and oxygen atoms in total. The van der Waals surface area contributed by atoms with Crippen LogP contribution in [0.5, 0.6) is 0 Å². The van der Waals surface area contributed by atoms with Crippen molar-refractivity contribution in [1.29, 1.82) is 0 Å². The van der Waals surface area contributed by atoms with Crippen LogP contribution in [0.3, 0.4) is 0 Å². The van der Waals surface area contributed by atoms with E-state index in [2.05, 4.69) is 30.7 Å². The number of nitrogens with one attached hydrogen (secondary N) is 2. The van der Waals surface area contributed by atoms with Gasteiger partial charge in [0.2, 0.25) is 11.8 Å². The Kier molecular flexibility index (Phi) is 6.88. The summed E-state index contributed by atoms with van der Waals surface area (Å²) in [6, 6.07) is 12.8. The van der Waals surface area contributed by atoms with E-state index in [1.807, 2.05) is 43.0 Å². The zero-order chi connectivity index (χ0) is 23.5. The molecule has 1 aliphatic heterocycles. The van der Waals surface area contributed by atoms with Gasteiger partial charge in [-0.1, -0.05) is 32.1 Å². The summed E-state index contributed by atoms with van der Waals surface area (Å²) in [6.45, 7) is 6.34. The first-order chi connectivity index (χ1) is 15.9. The molecule has 0 spiro atoms. The summed E-state index contributed by atoms with van der Waals surface area (Å²) in [4.78, 5) is 39.7. The van der Waals surface area contributed by atoms with Crippen LogP contribution in [0.15, 0.2) is 59.5 Å². The fourth-order valence-electron chi connectivity index (χ4n) is 4.13. The zero-order valence-electron chi connectivity index (χ0n) is 19.1. The minimum Gasteiger partial charge on any atom is -0.322 e. The second-order valence-electron chi connectivity index (χ2n) is 8.62. The Hall–Kier alpha value is -3.06. The summed E-state index contributed by atoms with van der Waals surface area (Å²) >= 11 is 1.82. The molecule has 0 aromatic heterocycles. The number of fused-ring (bicyclic) bond motifs is 1. The molecule has 4 rings (SSSR count). The lowest BCUT2D eigenvalue weighted by Crippen LogP contribution is -2.59. The second kappa shape index (κ2) is 9.83. The van der Waals surface area contributed by atoms with E-state index in [9.17, 15) is 14.4 Å². The molecule has 172 valence electrons. The van der Waals surface area contributed by atoms with Gasteiger partial charge in [0.1, 0.15) is 0 Å². The van der Waals surface area contributed by atoms with Crippen molar-refractivity contribution in [2.45, 2.75) is 50.2 Å². The SMILES string of the molecule is CCC(C)Sc1ccc(NC(=O)c2cccc(N3NC(=O)C4CC=CCC4C3=O)c2)c(C)c1. The Balaban J connectivity index is 1.50. The first kappa shape index (κ1) is 23.1. The number of aryl methyl sites for hydroxylation is 1. The van der Waals surface area contributed by atoms with E-state index in [4.69, 9.17) is 0 Å². The highest BCUT2D eigenvalue weighted by atomic mass is 32.2. The van der Waals surface area contributed by atoms with Crippen molar-refractivity contribution in [2.24, 2.45) is 11.8 Å². The Morgan fingerprint density at radius 2 is 1.91 bits per heavy atom. The molecule has 1 saturated heterocycles. The quantitative estimate of drug-likeness (QED) is 0.462. The number of hydrogen-bond donors (Lipinski definition) is 2. The molecular weight excluding hydrogens is 434 g/mol. The molecule has 1 fully saturated rings. The van der Waals surface area contributed by atoms with Gasteiger partial charge in [-0.15, -0.1) is 11.8 Å². The van der Waals surface area contributed by atoms with Crippen molar-refractivity contribution in [1.82, 2.24) is 5.43 Å². The number of hydrogen-bond acceptors (Lipinski definition) is 4. The topological polar surface area (TPSA) is 78.5 Å². The van der Waals surface area contributed by atoms with Crippen molar-refractivity contribution < 1.29 is 14.4 Å². The third-order valence-corrected chi connectivity index (χ3v) is 7.52. The molecule has 0 bridgehead atoms.